The molecule has 0 spiro atoms. The molecule has 0 bridgehead atoms. The summed E-state index contributed by atoms with van der Waals surface area (Å²) in [7, 11) is 0. The predicted molar refractivity (Wildman–Crippen MR) is 105 cm³/mol. The van der Waals surface area contributed by atoms with Crippen molar-refractivity contribution in [3.8, 4) is 0 Å². The Labute approximate surface area is 162 Å². The van der Waals surface area contributed by atoms with E-state index in [1.54, 1.807) is 0 Å². The number of benzene rings is 1. The van der Waals surface area contributed by atoms with Gasteiger partial charge in [0.25, 0.3) is 5.91 Å². The van der Waals surface area contributed by atoms with Crippen LogP contribution < -0.4 is 11.1 Å². The molecule has 1 aliphatic carbocycles. The fourth-order valence-corrected chi connectivity index (χ4v) is 4.05. The van der Waals surface area contributed by atoms with Gasteiger partial charge in [-0.1, -0.05) is 30.5 Å². The Bertz CT molecular complexity index is 626. The maximum atomic E-state index is 12.8. The minimum Gasteiger partial charge on any atom is -0.349 e. The Hall–Kier alpha value is -1.59. The molecular formula is C20H30ClN3O2. The monoisotopic (exact) mass is 379 g/mol. The molecule has 6 heteroatoms. The summed E-state index contributed by atoms with van der Waals surface area (Å²) >= 11 is 0. The van der Waals surface area contributed by atoms with Crippen LogP contribution in [0.3, 0.4) is 0 Å². The summed E-state index contributed by atoms with van der Waals surface area (Å²) in [4.78, 5) is 27.3. The highest BCUT2D eigenvalue weighted by atomic mass is 35.5. The lowest BCUT2D eigenvalue weighted by molar-refractivity contribution is -0.128. The number of rotatable bonds is 4. The Morgan fingerprint density at radius 2 is 1.85 bits per heavy atom. The van der Waals surface area contributed by atoms with Gasteiger partial charge in [0.2, 0.25) is 5.91 Å². The summed E-state index contributed by atoms with van der Waals surface area (Å²) in [6.45, 7) is 3.72. The van der Waals surface area contributed by atoms with Crippen LogP contribution in [0, 0.1) is 12.8 Å². The quantitative estimate of drug-likeness (QED) is 0.844. The first kappa shape index (κ1) is 20.7. The van der Waals surface area contributed by atoms with Gasteiger partial charge < -0.3 is 16.0 Å². The predicted octanol–water partition coefficient (Wildman–Crippen LogP) is 2.66. The van der Waals surface area contributed by atoms with Crippen LogP contribution in [0.1, 0.15) is 54.4 Å². The summed E-state index contributed by atoms with van der Waals surface area (Å²) in [6, 6.07) is 7.63. The van der Waals surface area contributed by atoms with E-state index < -0.39 is 0 Å². The van der Waals surface area contributed by atoms with Gasteiger partial charge in [0.15, 0.2) is 0 Å². The van der Waals surface area contributed by atoms with Crippen molar-refractivity contribution in [2.45, 2.75) is 51.0 Å². The molecule has 1 saturated heterocycles. The van der Waals surface area contributed by atoms with Gasteiger partial charge in [-0.15, -0.1) is 12.4 Å². The minimum atomic E-state index is -0.222. The van der Waals surface area contributed by atoms with Gasteiger partial charge in [-0.3, -0.25) is 9.59 Å². The topological polar surface area (TPSA) is 75.4 Å². The average Bonchev–Trinajstić information content (AvgIpc) is 3.11. The molecule has 2 amide bonds. The lowest BCUT2D eigenvalue weighted by Gasteiger charge is -2.35. The second kappa shape index (κ2) is 8.87. The number of nitrogens with zero attached hydrogens (tertiary/aromatic N) is 1. The van der Waals surface area contributed by atoms with Gasteiger partial charge in [-0.2, -0.15) is 0 Å². The maximum Gasteiger partial charge on any atom is 0.253 e. The number of amides is 2. The number of likely N-dealkylation sites (tertiary alicyclic amines) is 1. The highest BCUT2D eigenvalue weighted by molar-refractivity contribution is 5.94. The zero-order valence-corrected chi connectivity index (χ0v) is 16.3. The number of carbonyl (C=O) groups excluding carboxylic acids is 2. The van der Waals surface area contributed by atoms with Crippen LogP contribution in [-0.4, -0.2) is 41.9 Å². The normalized spacial score (nSPS) is 21.8. The van der Waals surface area contributed by atoms with Crippen molar-refractivity contribution in [1.29, 1.82) is 0 Å². The van der Waals surface area contributed by atoms with E-state index in [0.29, 0.717) is 18.7 Å². The van der Waals surface area contributed by atoms with E-state index in [0.717, 1.165) is 50.6 Å². The van der Waals surface area contributed by atoms with Crippen LogP contribution in [0.4, 0.5) is 0 Å². The largest absolute Gasteiger partial charge is 0.349 e. The molecule has 144 valence electrons. The second-order valence-electron chi connectivity index (χ2n) is 7.64. The van der Waals surface area contributed by atoms with E-state index in [4.69, 9.17) is 5.73 Å². The SMILES string of the molecule is Cc1ccc(C(=O)N2CCCC(C(=O)NC3(CN)CCCC3)C2)cc1.Cl. The molecule has 5 nitrogen and oxygen atoms in total. The fraction of sp³-hybridized carbons (Fsp3) is 0.600. The van der Waals surface area contributed by atoms with E-state index in [1.807, 2.05) is 36.1 Å². The number of nitrogens with two attached hydrogens (primary N) is 1. The van der Waals surface area contributed by atoms with Crippen LogP contribution in [0.2, 0.25) is 0 Å². The fourth-order valence-electron chi connectivity index (χ4n) is 4.05. The third-order valence-electron chi connectivity index (χ3n) is 5.72. The molecule has 1 aromatic carbocycles. The first-order chi connectivity index (χ1) is 12.0. The lowest BCUT2D eigenvalue weighted by atomic mass is 9.92. The molecule has 3 N–H and O–H groups in total. The van der Waals surface area contributed by atoms with Gasteiger partial charge in [0, 0.05) is 25.2 Å². The number of hydrogen-bond acceptors (Lipinski definition) is 3. The summed E-state index contributed by atoms with van der Waals surface area (Å²) in [5.41, 5.74) is 7.54. The summed E-state index contributed by atoms with van der Waals surface area (Å²) in [6.07, 6.45) is 5.89. The van der Waals surface area contributed by atoms with Crippen molar-refractivity contribution in [2.75, 3.05) is 19.6 Å². The molecule has 1 aliphatic heterocycles. The number of halogens is 1. The molecule has 1 unspecified atom stereocenters. The molecule has 2 fully saturated rings. The third kappa shape index (κ3) is 4.57. The maximum absolute atomic E-state index is 12.8. The molecule has 0 aromatic heterocycles. The van der Waals surface area contributed by atoms with Gasteiger partial charge >= 0.3 is 0 Å². The van der Waals surface area contributed by atoms with Crippen molar-refractivity contribution in [2.24, 2.45) is 11.7 Å². The molecule has 1 aromatic rings. The number of nitrogens with one attached hydrogen (secondary N) is 1. The summed E-state index contributed by atoms with van der Waals surface area (Å²) in [5, 5.41) is 3.22. The Morgan fingerprint density at radius 1 is 1.19 bits per heavy atom. The lowest BCUT2D eigenvalue weighted by Crippen LogP contribution is -2.55. The number of carbonyl (C=O) groups is 2. The van der Waals surface area contributed by atoms with Crippen molar-refractivity contribution < 1.29 is 9.59 Å². The van der Waals surface area contributed by atoms with E-state index >= 15 is 0 Å². The number of hydrogen-bond donors (Lipinski definition) is 2. The van der Waals surface area contributed by atoms with Crippen LogP contribution in [0.15, 0.2) is 24.3 Å². The second-order valence-corrected chi connectivity index (χ2v) is 7.64. The summed E-state index contributed by atoms with van der Waals surface area (Å²) in [5.74, 6) is -0.0483. The van der Waals surface area contributed by atoms with Crippen molar-refractivity contribution in [1.82, 2.24) is 10.2 Å². The van der Waals surface area contributed by atoms with Gasteiger partial charge in [-0.05, 0) is 44.7 Å². The molecule has 2 aliphatic rings. The summed E-state index contributed by atoms with van der Waals surface area (Å²) < 4.78 is 0. The van der Waals surface area contributed by atoms with E-state index in [9.17, 15) is 9.59 Å². The standard InChI is InChI=1S/C20H29N3O2.ClH/c1-15-6-8-16(9-7-15)19(25)23-12-4-5-17(13-23)18(24)22-20(14-21)10-2-3-11-20;/h6-9,17H,2-5,10-14,21H2,1H3,(H,22,24);1H. The van der Waals surface area contributed by atoms with Crippen molar-refractivity contribution in [3.05, 3.63) is 35.4 Å². The van der Waals surface area contributed by atoms with Gasteiger partial charge in [0.1, 0.15) is 0 Å². The first-order valence-electron chi connectivity index (χ1n) is 9.41. The van der Waals surface area contributed by atoms with Crippen LogP contribution in [0.5, 0.6) is 0 Å². The van der Waals surface area contributed by atoms with Crippen LogP contribution in [-0.2, 0) is 4.79 Å². The molecular weight excluding hydrogens is 350 g/mol. The van der Waals surface area contributed by atoms with Gasteiger partial charge in [-0.25, -0.2) is 0 Å². The van der Waals surface area contributed by atoms with Crippen LogP contribution >= 0.6 is 12.4 Å². The average molecular weight is 380 g/mol. The van der Waals surface area contributed by atoms with E-state index in [-0.39, 0.29) is 35.7 Å². The molecule has 26 heavy (non-hydrogen) atoms. The molecule has 0 radical (unpaired) electrons. The zero-order chi connectivity index (χ0) is 17.9. The highest BCUT2D eigenvalue weighted by Crippen LogP contribution is 2.29. The molecule has 1 saturated carbocycles. The van der Waals surface area contributed by atoms with E-state index in [1.165, 1.54) is 0 Å². The molecule has 1 atom stereocenters. The first-order valence-corrected chi connectivity index (χ1v) is 9.41. The van der Waals surface area contributed by atoms with Gasteiger partial charge in [0.05, 0.1) is 11.5 Å². The van der Waals surface area contributed by atoms with E-state index in [2.05, 4.69) is 5.32 Å². The highest BCUT2D eigenvalue weighted by Gasteiger charge is 2.37. The minimum absolute atomic E-state index is 0. The van der Waals surface area contributed by atoms with Crippen LogP contribution in [0.25, 0.3) is 0 Å². The molecule has 3 rings (SSSR count). The molecule has 1 heterocycles. The Morgan fingerprint density at radius 3 is 2.46 bits per heavy atom. The third-order valence-corrected chi connectivity index (χ3v) is 5.72. The van der Waals surface area contributed by atoms with Crippen molar-refractivity contribution >= 4 is 24.2 Å². The van der Waals surface area contributed by atoms with Crippen molar-refractivity contribution in [3.63, 3.8) is 0 Å². The smallest absolute Gasteiger partial charge is 0.253 e. The number of piperidine rings is 1. The zero-order valence-electron chi connectivity index (χ0n) is 15.5. The Balaban J connectivity index is 0.00000243. The Kier molecular flexibility index (Phi) is 7.07. The number of aryl methyl sites for hydroxylation is 1.